The number of hydrogen-bond donors (Lipinski definition) is 1. The van der Waals surface area contributed by atoms with Crippen LogP contribution in [-0.4, -0.2) is 92.1 Å². The molecule has 0 saturated carbocycles. The number of alkyl halides is 4. The molecule has 2 amide bonds. The summed E-state index contributed by atoms with van der Waals surface area (Å²) >= 11 is 0. The average molecular weight is 679 g/mol. The number of carbonyl (C=O) groups excluding carboxylic acids is 2. The van der Waals surface area contributed by atoms with E-state index in [1.165, 1.54) is 54.7 Å². The van der Waals surface area contributed by atoms with Gasteiger partial charge < -0.3 is 19.7 Å². The lowest BCUT2D eigenvalue weighted by molar-refractivity contribution is -0.274. The van der Waals surface area contributed by atoms with E-state index in [0.717, 1.165) is 6.26 Å². The highest BCUT2D eigenvalue weighted by atomic mass is 32.2. The summed E-state index contributed by atoms with van der Waals surface area (Å²) in [4.78, 5) is 33.7. The van der Waals surface area contributed by atoms with Crippen molar-refractivity contribution in [2.75, 3.05) is 32.4 Å². The maximum Gasteiger partial charge on any atom is 0.573 e. The molecule has 2 unspecified atom stereocenters. The predicted molar refractivity (Wildman–Crippen MR) is 163 cm³/mol. The minimum atomic E-state index is -4.78. The van der Waals surface area contributed by atoms with Gasteiger partial charge in [-0.3, -0.25) is 19.5 Å². The lowest BCUT2D eigenvalue weighted by Gasteiger charge is -2.35. The van der Waals surface area contributed by atoms with Gasteiger partial charge in [-0.2, -0.15) is 0 Å². The highest BCUT2D eigenvalue weighted by Crippen LogP contribution is 2.25. The quantitative estimate of drug-likeness (QED) is 0.331. The summed E-state index contributed by atoms with van der Waals surface area (Å²) in [7, 11) is -3.30. The normalized spacial score (nSPS) is 19.6. The smallest absolute Gasteiger partial charge is 0.490 e. The molecule has 0 aliphatic carbocycles. The Hall–Kier alpha value is -4.24. The molecule has 252 valence electrons. The van der Waals surface area contributed by atoms with Crippen molar-refractivity contribution in [3.05, 3.63) is 83.7 Å². The molecule has 1 N–H and O–H groups in total. The predicted octanol–water partition coefficient (Wildman–Crippen LogP) is 4.41. The number of aromatic nitrogens is 1. The number of amides is 2. The Morgan fingerprint density at radius 3 is 2.17 bits per heavy atom. The van der Waals surface area contributed by atoms with E-state index in [9.17, 15) is 31.2 Å². The molecule has 15 heteroatoms. The number of ether oxygens (including phenoxy) is 2. The number of likely N-dealkylation sites (tertiary alicyclic amines) is 2. The molecule has 0 spiro atoms. The largest absolute Gasteiger partial charge is 0.573 e. The van der Waals surface area contributed by atoms with Gasteiger partial charge in [0.2, 0.25) is 0 Å². The SMILES string of the molecule is CS(=O)(=O)c1ccc(OC2CCN(C(=O)c3ccc(C(=O)NC4CCN(Cc5ccc(OC(F)(F)F)cc5)CC4F)cn3)CC2)cc1. The fourth-order valence-corrected chi connectivity index (χ4v) is 6.16. The van der Waals surface area contributed by atoms with Gasteiger partial charge in [0.25, 0.3) is 11.8 Å². The summed E-state index contributed by atoms with van der Waals surface area (Å²) in [5.74, 6) is -0.579. The molecular weight excluding hydrogens is 644 g/mol. The third-order valence-corrected chi connectivity index (χ3v) is 9.16. The second-order valence-electron chi connectivity index (χ2n) is 11.6. The fourth-order valence-electron chi connectivity index (χ4n) is 5.53. The van der Waals surface area contributed by atoms with E-state index in [0.29, 0.717) is 56.8 Å². The van der Waals surface area contributed by atoms with Gasteiger partial charge in [-0.05, 0) is 60.5 Å². The molecule has 2 atom stereocenters. The van der Waals surface area contributed by atoms with Gasteiger partial charge in [0.15, 0.2) is 9.84 Å². The first-order chi connectivity index (χ1) is 22.2. The number of benzene rings is 2. The number of carbonyl (C=O) groups is 2. The van der Waals surface area contributed by atoms with Crippen molar-refractivity contribution < 1.29 is 45.0 Å². The lowest BCUT2D eigenvalue weighted by atomic mass is 10.0. The molecule has 1 aromatic heterocycles. The number of hydrogen-bond acceptors (Lipinski definition) is 8. The molecular formula is C32H34F4N4O6S. The fraction of sp³-hybridized carbons (Fsp3) is 0.406. The second-order valence-corrected chi connectivity index (χ2v) is 13.6. The Morgan fingerprint density at radius 2 is 1.60 bits per heavy atom. The molecule has 2 aromatic carbocycles. The van der Waals surface area contributed by atoms with E-state index < -0.39 is 34.3 Å². The topological polar surface area (TPSA) is 118 Å². The van der Waals surface area contributed by atoms with Crippen molar-refractivity contribution in [1.29, 1.82) is 0 Å². The van der Waals surface area contributed by atoms with Crippen LogP contribution in [0.25, 0.3) is 0 Å². The van der Waals surface area contributed by atoms with Gasteiger partial charge in [0.1, 0.15) is 29.5 Å². The molecule has 47 heavy (non-hydrogen) atoms. The number of sulfone groups is 1. The van der Waals surface area contributed by atoms with E-state index in [1.54, 1.807) is 17.0 Å². The second kappa shape index (κ2) is 14.3. The summed E-state index contributed by atoms with van der Waals surface area (Å²) in [6.45, 7) is 1.70. The highest BCUT2D eigenvalue weighted by Gasteiger charge is 2.32. The number of nitrogens with one attached hydrogen (secondary N) is 1. The molecule has 2 saturated heterocycles. The zero-order chi connectivity index (χ0) is 33.8. The summed E-state index contributed by atoms with van der Waals surface area (Å²) in [5, 5.41) is 2.70. The van der Waals surface area contributed by atoms with Gasteiger partial charge in [0.05, 0.1) is 16.5 Å². The number of rotatable bonds is 9. The summed E-state index contributed by atoms with van der Waals surface area (Å²) in [6, 6.07) is 13.8. The molecule has 3 aromatic rings. The van der Waals surface area contributed by atoms with Crippen LogP contribution in [0.3, 0.4) is 0 Å². The van der Waals surface area contributed by atoms with Crippen molar-refractivity contribution in [2.24, 2.45) is 0 Å². The van der Waals surface area contributed by atoms with Crippen LogP contribution in [0.2, 0.25) is 0 Å². The standard InChI is InChI=1S/C32H34F4N4O6S/c1-47(43,44)26-9-7-23(8-10-26)45-24-12-16-40(17-13-24)31(42)29-11-4-22(18-37-29)30(41)38-28-14-15-39(20-27(28)33)19-21-2-5-25(6-3-21)46-32(34,35)36/h2-11,18,24,27-28H,12-17,19-20H2,1H3,(H,38,41). The maximum atomic E-state index is 15.0. The summed E-state index contributed by atoms with van der Waals surface area (Å²) in [6.07, 6.45) is -2.38. The van der Waals surface area contributed by atoms with Gasteiger partial charge in [-0.25, -0.2) is 12.8 Å². The van der Waals surface area contributed by atoms with Crippen molar-refractivity contribution in [3.8, 4) is 11.5 Å². The van der Waals surface area contributed by atoms with E-state index >= 15 is 4.39 Å². The Morgan fingerprint density at radius 1 is 0.936 bits per heavy atom. The van der Waals surface area contributed by atoms with Crippen LogP contribution in [0.15, 0.2) is 71.8 Å². The highest BCUT2D eigenvalue weighted by molar-refractivity contribution is 7.90. The number of nitrogens with zero attached hydrogens (tertiary/aromatic N) is 3. The van der Waals surface area contributed by atoms with E-state index in [-0.39, 0.29) is 40.5 Å². The molecule has 0 bridgehead atoms. The molecule has 3 heterocycles. The molecule has 5 rings (SSSR count). The minimum absolute atomic E-state index is 0.0363. The van der Waals surface area contributed by atoms with Gasteiger partial charge >= 0.3 is 6.36 Å². The molecule has 2 aliphatic heterocycles. The Labute approximate surface area is 269 Å². The first-order valence-corrected chi connectivity index (χ1v) is 16.9. The van der Waals surface area contributed by atoms with E-state index in [1.807, 2.05) is 4.90 Å². The Bertz CT molecular complexity index is 1650. The van der Waals surface area contributed by atoms with Gasteiger partial charge in [0, 0.05) is 58.0 Å². The first-order valence-electron chi connectivity index (χ1n) is 15.0. The molecule has 2 fully saturated rings. The minimum Gasteiger partial charge on any atom is -0.490 e. The summed E-state index contributed by atoms with van der Waals surface area (Å²) < 4.78 is 85.2. The summed E-state index contributed by atoms with van der Waals surface area (Å²) in [5.41, 5.74) is 1.06. The molecule has 2 aliphatic rings. The third-order valence-electron chi connectivity index (χ3n) is 8.03. The van der Waals surface area contributed by atoms with E-state index in [2.05, 4.69) is 15.0 Å². The van der Waals surface area contributed by atoms with Gasteiger partial charge in [-0.15, -0.1) is 13.2 Å². The zero-order valence-corrected chi connectivity index (χ0v) is 26.3. The van der Waals surface area contributed by atoms with Crippen molar-refractivity contribution >= 4 is 21.7 Å². The monoisotopic (exact) mass is 678 g/mol. The first kappa shape index (κ1) is 34.1. The Kier molecular flexibility index (Phi) is 10.3. The van der Waals surface area contributed by atoms with Crippen LogP contribution in [0.1, 0.15) is 45.7 Å². The number of halogens is 4. The maximum absolute atomic E-state index is 15.0. The van der Waals surface area contributed by atoms with Crippen LogP contribution in [0, 0.1) is 0 Å². The molecule has 0 radical (unpaired) electrons. The van der Waals surface area contributed by atoms with Crippen LogP contribution in [0.4, 0.5) is 17.6 Å². The molecule has 10 nitrogen and oxygen atoms in total. The van der Waals surface area contributed by atoms with Crippen LogP contribution in [0.5, 0.6) is 11.5 Å². The lowest BCUT2D eigenvalue weighted by Crippen LogP contribution is -2.52. The van der Waals surface area contributed by atoms with Crippen molar-refractivity contribution in [2.45, 2.75) is 55.4 Å². The van der Waals surface area contributed by atoms with Crippen LogP contribution in [-0.2, 0) is 16.4 Å². The van der Waals surface area contributed by atoms with Crippen LogP contribution >= 0.6 is 0 Å². The third kappa shape index (κ3) is 9.41. The van der Waals surface area contributed by atoms with Gasteiger partial charge in [-0.1, -0.05) is 12.1 Å². The number of piperidine rings is 2. The number of pyridine rings is 1. The van der Waals surface area contributed by atoms with Crippen LogP contribution < -0.4 is 14.8 Å². The van der Waals surface area contributed by atoms with Crippen molar-refractivity contribution in [1.82, 2.24) is 20.1 Å². The van der Waals surface area contributed by atoms with Crippen molar-refractivity contribution in [3.63, 3.8) is 0 Å². The van der Waals surface area contributed by atoms with E-state index in [4.69, 9.17) is 4.74 Å². The average Bonchev–Trinajstić information content (AvgIpc) is 3.02. The zero-order valence-electron chi connectivity index (χ0n) is 25.5. The Balaban J connectivity index is 1.06.